The second-order valence-electron chi connectivity index (χ2n) is 9.81. The Balaban J connectivity index is 3.71. The summed E-state index contributed by atoms with van der Waals surface area (Å²) in [6, 6.07) is -0.629. The molecule has 0 saturated heterocycles. The van der Waals surface area contributed by atoms with Gasteiger partial charge in [-0.1, -0.05) is 128 Å². The van der Waals surface area contributed by atoms with E-state index in [0.29, 0.717) is 6.42 Å². The number of amides is 1. The predicted molar refractivity (Wildman–Crippen MR) is 147 cm³/mol. The monoisotopic (exact) mass is 479 g/mol. The first-order chi connectivity index (χ1) is 16.7. The summed E-state index contributed by atoms with van der Waals surface area (Å²) in [5, 5.41) is 22.6. The Bertz CT molecular complexity index is 489. The third-order valence-electron chi connectivity index (χ3n) is 6.44. The highest BCUT2D eigenvalue weighted by molar-refractivity contribution is 5.76. The van der Waals surface area contributed by atoms with Gasteiger partial charge in [0.1, 0.15) is 0 Å². The van der Waals surface area contributed by atoms with Gasteiger partial charge >= 0.3 is 0 Å². The van der Waals surface area contributed by atoms with E-state index in [1.54, 1.807) is 6.08 Å². The fraction of sp³-hybridized carbons (Fsp3) is 0.833. The minimum absolute atomic E-state index is 0.0791. The van der Waals surface area contributed by atoms with E-state index < -0.39 is 12.1 Å². The Morgan fingerprint density at radius 2 is 1.15 bits per heavy atom. The summed E-state index contributed by atoms with van der Waals surface area (Å²) >= 11 is 0. The minimum Gasteiger partial charge on any atom is -0.394 e. The first-order valence-corrected chi connectivity index (χ1v) is 14.6. The summed E-state index contributed by atoms with van der Waals surface area (Å²) in [6.07, 6.45) is 31.0. The molecule has 0 fully saturated rings. The van der Waals surface area contributed by atoms with Gasteiger partial charge in [0.15, 0.2) is 0 Å². The molecule has 200 valence electrons. The quantitative estimate of drug-likeness (QED) is 0.0924. The van der Waals surface area contributed by atoms with E-state index in [1.165, 1.54) is 89.9 Å². The van der Waals surface area contributed by atoms with E-state index in [-0.39, 0.29) is 12.5 Å². The van der Waals surface area contributed by atoms with Crippen LogP contribution in [0.25, 0.3) is 0 Å². The number of aliphatic hydroxyl groups excluding tert-OH is 2. The van der Waals surface area contributed by atoms with Gasteiger partial charge in [-0.05, 0) is 32.1 Å². The molecule has 0 aliphatic rings. The number of hydrogen-bond acceptors (Lipinski definition) is 3. The van der Waals surface area contributed by atoms with Gasteiger partial charge in [-0.3, -0.25) is 4.79 Å². The van der Waals surface area contributed by atoms with Gasteiger partial charge in [-0.2, -0.15) is 0 Å². The van der Waals surface area contributed by atoms with Crippen molar-refractivity contribution in [3.63, 3.8) is 0 Å². The average Bonchev–Trinajstić information content (AvgIpc) is 2.84. The number of unbranched alkanes of at least 4 members (excludes halogenated alkanes) is 16. The number of carbonyl (C=O) groups is 1. The van der Waals surface area contributed by atoms with Gasteiger partial charge in [0.2, 0.25) is 5.91 Å². The highest BCUT2D eigenvalue weighted by atomic mass is 16.3. The molecule has 4 heteroatoms. The van der Waals surface area contributed by atoms with Crippen molar-refractivity contribution in [1.82, 2.24) is 5.32 Å². The lowest BCUT2D eigenvalue weighted by atomic mass is 10.0. The Morgan fingerprint density at radius 3 is 1.71 bits per heavy atom. The van der Waals surface area contributed by atoms with Crippen molar-refractivity contribution in [3.05, 3.63) is 24.3 Å². The molecule has 0 aromatic rings. The zero-order valence-corrected chi connectivity index (χ0v) is 22.6. The van der Waals surface area contributed by atoms with E-state index in [4.69, 9.17) is 0 Å². The maximum atomic E-state index is 12.2. The van der Waals surface area contributed by atoms with Crippen LogP contribution >= 0.6 is 0 Å². The lowest BCUT2D eigenvalue weighted by Gasteiger charge is -2.19. The molecule has 0 radical (unpaired) electrons. The van der Waals surface area contributed by atoms with Crippen LogP contribution in [0.5, 0.6) is 0 Å². The summed E-state index contributed by atoms with van der Waals surface area (Å²) in [6.45, 7) is 4.22. The summed E-state index contributed by atoms with van der Waals surface area (Å²) in [7, 11) is 0. The minimum atomic E-state index is -0.853. The van der Waals surface area contributed by atoms with Crippen LogP contribution in [0.4, 0.5) is 0 Å². The maximum absolute atomic E-state index is 12.2. The molecule has 2 atom stereocenters. The Hall–Kier alpha value is -1.13. The maximum Gasteiger partial charge on any atom is 0.220 e. The molecular formula is C30H57NO3. The molecule has 1 amide bonds. The molecule has 0 aromatic carbocycles. The molecule has 3 N–H and O–H groups in total. The fourth-order valence-electron chi connectivity index (χ4n) is 4.13. The Labute approximate surface area is 211 Å². The number of carbonyl (C=O) groups excluding carboxylic acids is 1. The molecule has 4 nitrogen and oxygen atoms in total. The highest BCUT2D eigenvalue weighted by Gasteiger charge is 2.17. The number of allylic oxidation sites excluding steroid dienone is 3. The number of nitrogens with one attached hydrogen (secondary N) is 1. The van der Waals surface area contributed by atoms with E-state index in [2.05, 4.69) is 31.3 Å². The average molecular weight is 480 g/mol. The molecule has 0 bridgehead atoms. The van der Waals surface area contributed by atoms with E-state index in [0.717, 1.165) is 32.1 Å². The molecule has 0 aliphatic heterocycles. The number of rotatable bonds is 25. The second kappa shape index (κ2) is 26.5. The van der Waals surface area contributed by atoms with E-state index in [9.17, 15) is 15.0 Å². The molecule has 0 spiro atoms. The predicted octanol–water partition coefficient (Wildman–Crippen LogP) is 7.78. The van der Waals surface area contributed by atoms with Gasteiger partial charge in [0, 0.05) is 6.42 Å². The van der Waals surface area contributed by atoms with Crippen molar-refractivity contribution in [2.75, 3.05) is 6.61 Å². The third kappa shape index (κ3) is 22.7. The second-order valence-corrected chi connectivity index (χ2v) is 9.81. The molecular weight excluding hydrogens is 422 g/mol. The summed E-state index contributed by atoms with van der Waals surface area (Å²) in [4.78, 5) is 12.2. The lowest BCUT2D eigenvalue weighted by Crippen LogP contribution is -2.45. The standard InChI is InChI=1S/C30H57NO3/c1-3-5-7-9-11-13-14-15-16-18-20-22-24-26-30(34)31-28(27-32)29(33)25-23-21-19-17-12-10-8-6-4-2/h12,17,23,25,28-29,32-33H,3-11,13-16,18-22,24,26-27H2,1-2H3,(H,31,34)/b17-12+,25-23+. The van der Waals surface area contributed by atoms with Crippen LogP contribution < -0.4 is 5.32 Å². The van der Waals surface area contributed by atoms with Crippen molar-refractivity contribution in [3.8, 4) is 0 Å². The highest BCUT2D eigenvalue weighted by Crippen LogP contribution is 2.13. The summed E-state index contributed by atoms with van der Waals surface area (Å²) in [5.74, 6) is -0.0791. The van der Waals surface area contributed by atoms with Crippen LogP contribution in [-0.4, -0.2) is 34.9 Å². The third-order valence-corrected chi connectivity index (χ3v) is 6.44. The zero-order valence-electron chi connectivity index (χ0n) is 22.6. The number of hydrogen-bond donors (Lipinski definition) is 3. The van der Waals surface area contributed by atoms with Gasteiger partial charge in [-0.25, -0.2) is 0 Å². The van der Waals surface area contributed by atoms with Crippen LogP contribution in [0.1, 0.15) is 142 Å². The van der Waals surface area contributed by atoms with Crippen molar-refractivity contribution >= 4 is 5.91 Å². The molecule has 2 unspecified atom stereocenters. The van der Waals surface area contributed by atoms with Crippen LogP contribution in [0, 0.1) is 0 Å². The van der Waals surface area contributed by atoms with Gasteiger partial charge in [0.05, 0.1) is 18.8 Å². The van der Waals surface area contributed by atoms with Crippen molar-refractivity contribution in [2.45, 2.75) is 154 Å². The Morgan fingerprint density at radius 1 is 0.676 bits per heavy atom. The van der Waals surface area contributed by atoms with Crippen LogP contribution in [0.15, 0.2) is 24.3 Å². The van der Waals surface area contributed by atoms with Crippen molar-refractivity contribution < 1.29 is 15.0 Å². The lowest BCUT2D eigenvalue weighted by molar-refractivity contribution is -0.123. The van der Waals surface area contributed by atoms with Crippen LogP contribution in [0.3, 0.4) is 0 Å². The smallest absolute Gasteiger partial charge is 0.220 e. The van der Waals surface area contributed by atoms with Gasteiger partial charge < -0.3 is 15.5 Å². The van der Waals surface area contributed by atoms with Crippen LogP contribution in [0.2, 0.25) is 0 Å². The van der Waals surface area contributed by atoms with Crippen molar-refractivity contribution in [1.29, 1.82) is 0 Å². The Kier molecular flexibility index (Phi) is 25.6. The molecule has 0 aliphatic carbocycles. The molecule has 0 heterocycles. The first-order valence-electron chi connectivity index (χ1n) is 14.6. The molecule has 0 saturated carbocycles. The summed E-state index contributed by atoms with van der Waals surface area (Å²) < 4.78 is 0. The largest absolute Gasteiger partial charge is 0.394 e. The van der Waals surface area contributed by atoms with Crippen LogP contribution in [-0.2, 0) is 4.79 Å². The zero-order chi connectivity index (χ0) is 25.1. The summed E-state index contributed by atoms with van der Waals surface area (Å²) in [5.41, 5.74) is 0. The van der Waals surface area contributed by atoms with E-state index >= 15 is 0 Å². The normalized spacial score (nSPS) is 13.6. The van der Waals surface area contributed by atoms with Gasteiger partial charge in [-0.15, -0.1) is 0 Å². The van der Waals surface area contributed by atoms with E-state index in [1.807, 2.05) is 6.08 Å². The first kappa shape index (κ1) is 32.9. The van der Waals surface area contributed by atoms with Crippen molar-refractivity contribution in [2.24, 2.45) is 0 Å². The molecule has 0 rings (SSSR count). The topological polar surface area (TPSA) is 69.6 Å². The van der Waals surface area contributed by atoms with Gasteiger partial charge in [0.25, 0.3) is 0 Å². The fourth-order valence-corrected chi connectivity index (χ4v) is 4.13. The molecule has 0 aromatic heterocycles. The number of aliphatic hydroxyl groups is 2. The SMILES string of the molecule is CCCCC/C=C/CC/C=C/C(O)C(CO)NC(=O)CCCCCCCCCCCCCCC. The molecule has 34 heavy (non-hydrogen) atoms.